The van der Waals surface area contributed by atoms with Gasteiger partial charge in [0.25, 0.3) is 0 Å². The smallest absolute Gasteiger partial charge is 0.250 e. The van der Waals surface area contributed by atoms with E-state index in [-0.39, 0.29) is 0 Å². The maximum atomic E-state index is 11.5. The van der Waals surface area contributed by atoms with Gasteiger partial charge < -0.3 is 5.73 Å². The van der Waals surface area contributed by atoms with Crippen LogP contribution >= 0.6 is 0 Å². The molecule has 10 heavy (non-hydrogen) atoms. The monoisotopic (exact) mass is 171 g/mol. The molecule has 0 aromatic heterocycles. The standard InChI is InChI=1S/C5H11F2NOS/c6-5(7)4-10(9)3-1-2-8/h5H,1-4,8H2. The van der Waals surface area contributed by atoms with Crippen LogP contribution in [0.4, 0.5) is 8.78 Å². The Morgan fingerprint density at radius 1 is 1.50 bits per heavy atom. The lowest BCUT2D eigenvalue weighted by Gasteiger charge is -1.98. The Bertz CT molecular complexity index is 110. The summed E-state index contributed by atoms with van der Waals surface area (Å²) in [5.41, 5.74) is 5.09. The van der Waals surface area contributed by atoms with Gasteiger partial charge in [-0.15, -0.1) is 0 Å². The summed E-state index contributed by atoms with van der Waals surface area (Å²) in [5, 5.41) is 0. The van der Waals surface area contributed by atoms with Crippen LogP contribution in [-0.4, -0.2) is 28.7 Å². The molecule has 0 radical (unpaired) electrons. The second-order valence-electron chi connectivity index (χ2n) is 1.84. The Hall–Kier alpha value is -0.0300. The van der Waals surface area contributed by atoms with Gasteiger partial charge in [-0.1, -0.05) is 0 Å². The highest BCUT2D eigenvalue weighted by Gasteiger charge is 2.07. The van der Waals surface area contributed by atoms with Crippen molar-refractivity contribution in [2.24, 2.45) is 5.73 Å². The van der Waals surface area contributed by atoms with Crippen molar-refractivity contribution >= 4 is 10.8 Å². The molecular weight excluding hydrogens is 160 g/mol. The molecule has 0 spiro atoms. The van der Waals surface area contributed by atoms with E-state index in [0.717, 1.165) is 0 Å². The first-order valence-corrected chi connectivity index (χ1v) is 4.48. The normalized spacial score (nSPS) is 14.0. The summed E-state index contributed by atoms with van der Waals surface area (Å²) < 4.78 is 33.6. The quantitative estimate of drug-likeness (QED) is 0.648. The van der Waals surface area contributed by atoms with Crippen molar-refractivity contribution < 1.29 is 13.0 Å². The zero-order valence-electron chi connectivity index (χ0n) is 5.56. The van der Waals surface area contributed by atoms with Crippen LogP contribution < -0.4 is 5.73 Å². The number of alkyl halides is 2. The third-order valence-electron chi connectivity index (χ3n) is 0.888. The Balaban J connectivity index is 3.26. The largest absolute Gasteiger partial charge is 0.330 e. The summed E-state index contributed by atoms with van der Waals surface area (Å²) in [5.74, 6) is -0.221. The van der Waals surface area contributed by atoms with E-state index in [4.69, 9.17) is 5.73 Å². The van der Waals surface area contributed by atoms with Crippen LogP contribution in [0.1, 0.15) is 6.42 Å². The molecule has 62 valence electrons. The Kier molecular flexibility index (Phi) is 5.71. The van der Waals surface area contributed by atoms with Crippen molar-refractivity contribution in [2.75, 3.05) is 18.1 Å². The van der Waals surface area contributed by atoms with Gasteiger partial charge in [0.15, 0.2) is 0 Å². The highest BCUT2D eigenvalue weighted by Crippen LogP contribution is 1.96. The van der Waals surface area contributed by atoms with E-state index in [1.807, 2.05) is 0 Å². The molecule has 0 aromatic carbocycles. The van der Waals surface area contributed by atoms with E-state index >= 15 is 0 Å². The number of hydrogen-bond acceptors (Lipinski definition) is 2. The number of nitrogens with two attached hydrogens (primary N) is 1. The molecule has 0 aliphatic carbocycles. The highest BCUT2D eigenvalue weighted by molar-refractivity contribution is 7.85. The van der Waals surface area contributed by atoms with Crippen molar-refractivity contribution in [3.63, 3.8) is 0 Å². The lowest BCUT2D eigenvalue weighted by Crippen LogP contribution is -2.12. The second-order valence-corrected chi connectivity index (χ2v) is 3.47. The van der Waals surface area contributed by atoms with Gasteiger partial charge in [0.05, 0.1) is 5.75 Å². The van der Waals surface area contributed by atoms with Crippen LogP contribution in [0.25, 0.3) is 0 Å². The number of halogens is 2. The van der Waals surface area contributed by atoms with Gasteiger partial charge in [0.2, 0.25) is 6.43 Å². The molecule has 5 heteroatoms. The molecule has 0 bridgehead atoms. The van der Waals surface area contributed by atoms with Gasteiger partial charge in [0, 0.05) is 16.6 Å². The van der Waals surface area contributed by atoms with E-state index < -0.39 is 23.0 Å². The van der Waals surface area contributed by atoms with Gasteiger partial charge in [-0.25, -0.2) is 8.78 Å². The molecule has 1 atom stereocenters. The molecule has 0 amide bonds. The molecule has 0 aliphatic heterocycles. The van der Waals surface area contributed by atoms with E-state index in [0.29, 0.717) is 18.7 Å². The maximum Gasteiger partial charge on any atom is 0.250 e. The molecular formula is C5H11F2NOS. The lowest BCUT2D eigenvalue weighted by molar-refractivity contribution is 0.175. The number of hydrogen-bond donors (Lipinski definition) is 1. The lowest BCUT2D eigenvalue weighted by atomic mass is 10.5. The van der Waals surface area contributed by atoms with Crippen molar-refractivity contribution in [3.8, 4) is 0 Å². The zero-order chi connectivity index (χ0) is 7.98. The van der Waals surface area contributed by atoms with E-state index in [1.54, 1.807) is 0 Å². The maximum absolute atomic E-state index is 11.5. The molecule has 0 rings (SSSR count). The molecule has 1 unspecified atom stereocenters. The molecule has 2 nitrogen and oxygen atoms in total. The molecule has 0 saturated heterocycles. The first-order chi connectivity index (χ1) is 4.66. The summed E-state index contributed by atoms with van der Waals surface area (Å²) in [6.45, 7) is 0.412. The molecule has 0 fully saturated rings. The van der Waals surface area contributed by atoms with Crippen LogP contribution in [0.5, 0.6) is 0 Å². The summed E-state index contributed by atoms with van der Waals surface area (Å²) in [6.07, 6.45) is -1.90. The van der Waals surface area contributed by atoms with Crippen molar-refractivity contribution in [1.29, 1.82) is 0 Å². The van der Waals surface area contributed by atoms with Crippen LogP contribution in [0.15, 0.2) is 0 Å². The third kappa shape index (κ3) is 6.10. The van der Waals surface area contributed by atoms with E-state index in [2.05, 4.69) is 0 Å². The van der Waals surface area contributed by atoms with Gasteiger partial charge in [-0.3, -0.25) is 4.21 Å². The topological polar surface area (TPSA) is 43.1 Å². The SMILES string of the molecule is NCCCS(=O)CC(F)F. The molecule has 0 aliphatic rings. The van der Waals surface area contributed by atoms with Crippen molar-refractivity contribution in [2.45, 2.75) is 12.8 Å². The summed E-state index contributed by atoms with van der Waals surface area (Å²) in [6, 6.07) is 0. The Morgan fingerprint density at radius 2 is 2.10 bits per heavy atom. The van der Waals surface area contributed by atoms with Crippen LogP contribution in [-0.2, 0) is 10.8 Å². The highest BCUT2D eigenvalue weighted by atomic mass is 32.2. The minimum atomic E-state index is -2.46. The molecule has 0 heterocycles. The summed E-state index contributed by atoms with van der Waals surface area (Å²) in [4.78, 5) is 0. The minimum absolute atomic E-state index is 0.292. The zero-order valence-corrected chi connectivity index (χ0v) is 6.37. The fourth-order valence-corrected chi connectivity index (χ4v) is 1.40. The van der Waals surface area contributed by atoms with E-state index in [9.17, 15) is 13.0 Å². The third-order valence-corrected chi connectivity index (χ3v) is 2.26. The molecule has 0 saturated carbocycles. The fraction of sp³-hybridized carbons (Fsp3) is 1.00. The summed E-state index contributed by atoms with van der Waals surface area (Å²) in [7, 11) is -1.38. The van der Waals surface area contributed by atoms with Crippen molar-refractivity contribution in [1.82, 2.24) is 0 Å². The average Bonchev–Trinajstić information content (AvgIpc) is 1.82. The second kappa shape index (κ2) is 5.73. The predicted octanol–water partition coefficient (Wildman–Crippen LogP) is 0.349. The van der Waals surface area contributed by atoms with Crippen LogP contribution in [0.3, 0.4) is 0 Å². The molecule has 0 aromatic rings. The fourth-order valence-electron chi connectivity index (χ4n) is 0.468. The summed E-state index contributed by atoms with van der Waals surface area (Å²) >= 11 is 0. The van der Waals surface area contributed by atoms with E-state index in [1.165, 1.54) is 0 Å². The van der Waals surface area contributed by atoms with Gasteiger partial charge >= 0.3 is 0 Å². The van der Waals surface area contributed by atoms with Crippen LogP contribution in [0, 0.1) is 0 Å². The average molecular weight is 171 g/mol. The first kappa shape index (κ1) is 9.97. The van der Waals surface area contributed by atoms with Crippen molar-refractivity contribution in [3.05, 3.63) is 0 Å². The van der Waals surface area contributed by atoms with Gasteiger partial charge in [0.1, 0.15) is 0 Å². The molecule has 2 N–H and O–H groups in total. The van der Waals surface area contributed by atoms with Gasteiger partial charge in [-0.2, -0.15) is 0 Å². The first-order valence-electron chi connectivity index (χ1n) is 3.00. The number of rotatable bonds is 5. The Labute approximate surface area is 61.2 Å². The predicted molar refractivity (Wildman–Crippen MR) is 37.6 cm³/mol. The van der Waals surface area contributed by atoms with Gasteiger partial charge in [-0.05, 0) is 13.0 Å². The Morgan fingerprint density at radius 3 is 2.50 bits per heavy atom. The minimum Gasteiger partial charge on any atom is -0.330 e. The van der Waals surface area contributed by atoms with Crippen LogP contribution in [0.2, 0.25) is 0 Å².